The number of hydrogen-bond donors (Lipinski definition) is 2. The predicted octanol–water partition coefficient (Wildman–Crippen LogP) is 1.98. The number of aliphatic hydroxyl groups excluding tert-OH is 1. The lowest BCUT2D eigenvalue weighted by molar-refractivity contribution is 0.0905. The Bertz CT molecular complexity index is 459. The van der Waals surface area contributed by atoms with Crippen molar-refractivity contribution in [3.05, 3.63) is 23.8 Å². The molecule has 1 saturated carbocycles. The number of methoxy groups -OCH3 is 2. The number of ether oxygens (including phenoxy) is 2. The molecule has 1 amide bonds. The Kier molecular flexibility index (Phi) is 5.44. The highest BCUT2D eigenvalue weighted by Gasteiger charge is 2.22. The van der Waals surface area contributed by atoms with Crippen molar-refractivity contribution in [1.29, 1.82) is 0 Å². The van der Waals surface area contributed by atoms with Crippen LogP contribution in [0.3, 0.4) is 0 Å². The van der Waals surface area contributed by atoms with Gasteiger partial charge in [-0.2, -0.15) is 0 Å². The van der Waals surface area contributed by atoms with Crippen molar-refractivity contribution in [2.45, 2.75) is 31.8 Å². The van der Waals surface area contributed by atoms with Crippen LogP contribution in [0.2, 0.25) is 0 Å². The molecule has 0 atom stereocenters. The molecule has 1 fully saturated rings. The van der Waals surface area contributed by atoms with Gasteiger partial charge in [0.05, 0.1) is 20.3 Å². The molecule has 0 spiro atoms. The molecule has 2 rings (SSSR count). The van der Waals surface area contributed by atoms with Gasteiger partial charge in [-0.1, -0.05) is 6.07 Å². The molecule has 0 heterocycles. The van der Waals surface area contributed by atoms with E-state index in [2.05, 4.69) is 5.32 Å². The summed E-state index contributed by atoms with van der Waals surface area (Å²) in [6.07, 6.45) is 3.36. The van der Waals surface area contributed by atoms with Gasteiger partial charge in [0.2, 0.25) is 0 Å². The molecular formula is C16H23NO4. The van der Waals surface area contributed by atoms with E-state index in [1.165, 1.54) is 14.2 Å². The third-order valence-corrected chi connectivity index (χ3v) is 4.02. The summed E-state index contributed by atoms with van der Waals surface area (Å²) in [5.74, 6) is 1.25. The second kappa shape index (κ2) is 7.31. The molecule has 0 bridgehead atoms. The average Bonchev–Trinajstić information content (AvgIpc) is 2.53. The van der Waals surface area contributed by atoms with Crippen LogP contribution in [0.4, 0.5) is 0 Å². The molecule has 0 unspecified atom stereocenters. The molecule has 116 valence electrons. The number of amides is 1. The van der Waals surface area contributed by atoms with Gasteiger partial charge < -0.3 is 19.9 Å². The van der Waals surface area contributed by atoms with Crippen LogP contribution in [0.5, 0.6) is 11.5 Å². The monoisotopic (exact) mass is 293 g/mol. The minimum atomic E-state index is -0.185. The van der Waals surface area contributed by atoms with Crippen molar-refractivity contribution >= 4 is 5.91 Å². The number of nitrogens with one attached hydrogen (secondary N) is 1. The summed E-state index contributed by atoms with van der Waals surface area (Å²) in [7, 11) is 3.07. The fourth-order valence-corrected chi connectivity index (χ4v) is 2.75. The van der Waals surface area contributed by atoms with Crippen LogP contribution in [0.25, 0.3) is 0 Å². The second-order valence-electron chi connectivity index (χ2n) is 5.42. The Morgan fingerprint density at radius 3 is 2.29 bits per heavy atom. The van der Waals surface area contributed by atoms with Gasteiger partial charge in [0.1, 0.15) is 17.1 Å². The molecular weight excluding hydrogens is 270 g/mol. The van der Waals surface area contributed by atoms with Crippen LogP contribution in [-0.4, -0.2) is 37.9 Å². The van der Waals surface area contributed by atoms with Crippen molar-refractivity contribution in [2.75, 3.05) is 20.8 Å². The van der Waals surface area contributed by atoms with E-state index < -0.39 is 0 Å². The van der Waals surface area contributed by atoms with E-state index >= 15 is 0 Å². The SMILES string of the molecule is COc1cccc(OC)c1C(=O)NCC1CCC(O)CC1. The number of benzene rings is 1. The molecule has 2 N–H and O–H groups in total. The quantitative estimate of drug-likeness (QED) is 0.871. The van der Waals surface area contributed by atoms with E-state index in [-0.39, 0.29) is 12.0 Å². The lowest BCUT2D eigenvalue weighted by atomic mass is 9.87. The highest BCUT2D eigenvalue weighted by Crippen LogP contribution is 2.28. The molecule has 1 aliphatic carbocycles. The predicted molar refractivity (Wildman–Crippen MR) is 79.8 cm³/mol. The van der Waals surface area contributed by atoms with Crippen LogP contribution in [0, 0.1) is 5.92 Å². The van der Waals surface area contributed by atoms with Gasteiger partial charge in [0.15, 0.2) is 0 Å². The smallest absolute Gasteiger partial charge is 0.258 e. The fourth-order valence-electron chi connectivity index (χ4n) is 2.75. The highest BCUT2D eigenvalue weighted by atomic mass is 16.5. The summed E-state index contributed by atoms with van der Waals surface area (Å²) in [5.41, 5.74) is 0.429. The summed E-state index contributed by atoms with van der Waals surface area (Å²) in [6.45, 7) is 0.618. The Morgan fingerprint density at radius 2 is 1.76 bits per heavy atom. The van der Waals surface area contributed by atoms with Gasteiger partial charge in [0.25, 0.3) is 5.91 Å². The van der Waals surface area contributed by atoms with Gasteiger partial charge >= 0.3 is 0 Å². The zero-order valence-electron chi connectivity index (χ0n) is 12.6. The lowest BCUT2D eigenvalue weighted by Crippen LogP contribution is -2.32. The molecule has 1 aliphatic rings. The lowest BCUT2D eigenvalue weighted by Gasteiger charge is -2.25. The molecule has 0 aliphatic heterocycles. The second-order valence-corrected chi connectivity index (χ2v) is 5.42. The first-order valence-corrected chi connectivity index (χ1v) is 7.33. The third kappa shape index (κ3) is 3.88. The van der Waals surface area contributed by atoms with Crippen LogP contribution < -0.4 is 14.8 Å². The Balaban J connectivity index is 2.00. The topological polar surface area (TPSA) is 67.8 Å². The maximum absolute atomic E-state index is 12.4. The number of aliphatic hydroxyl groups is 1. The van der Waals surface area contributed by atoms with Gasteiger partial charge in [-0.25, -0.2) is 0 Å². The van der Waals surface area contributed by atoms with Gasteiger partial charge in [-0.15, -0.1) is 0 Å². The van der Waals surface area contributed by atoms with E-state index in [4.69, 9.17) is 9.47 Å². The fraction of sp³-hybridized carbons (Fsp3) is 0.562. The summed E-state index contributed by atoms with van der Waals surface area (Å²) in [6, 6.07) is 5.28. The zero-order valence-corrected chi connectivity index (χ0v) is 12.6. The minimum Gasteiger partial charge on any atom is -0.496 e. The first-order valence-electron chi connectivity index (χ1n) is 7.33. The Morgan fingerprint density at radius 1 is 1.19 bits per heavy atom. The first-order chi connectivity index (χ1) is 10.2. The van der Waals surface area contributed by atoms with Crippen molar-refractivity contribution in [2.24, 2.45) is 5.92 Å². The van der Waals surface area contributed by atoms with Gasteiger partial charge in [-0.3, -0.25) is 4.79 Å². The van der Waals surface area contributed by atoms with Crippen LogP contribution in [0.15, 0.2) is 18.2 Å². The number of carbonyl (C=O) groups is 1. The Hall–Kier alpha value is -1.75. The maximum atomic E-state index is 12.4. The third-order valence-electron chi connectivity index (χ3n) is 4.02. The largest absolute Gasteiger partial charge is 0.496 e. The van der Waals surface area contributed by atoms with E-state index in [0.29, 0.717) is 29.5 Å². The van der Waals surface area contributed by atoms with E-state index in [9.17, 15) is 9.90 Å². The van der Waals surface area contributed by atoms with Gasteiger partial charge in [-0.05, 0) is 43.7 Å². The summed E-state index contributed by atoms with van der Waals surface area (Å²) in [4.78, 5) is 12.4. The first kappa shape index (κ1) is 15.6. The highest BCUT2D eigenvalue weighted by molar-refractivity contribution is 5.99. The summed E-state index contributed by atoms with van der Waals surface area (Å²) >= 11 is 0. The number of carbonyl (C=O) groups excluding carboxylic acids is 1. The number of rotatable bonds is 5. The van der Waals surface area contributed by atoms with Gasteiger partial charge in [0, 0.05) is 6.54 Å². The van der Waals surface area contributed by atoms with E-state index in [0.717, 1.165) is 25.7 Å². The van der Waals surface area contributed by atoms with Crippen molar-refractivity contribution in [3.8, 4) is 11.5 Å². The minimum absolute atomic E-state index is 0.175. The molecule has 0 radical (unpaired) electrons. The maximum Gasteiger partial charge on any atom is 0.258 e. The molecule has 1 aromatic carbocycles. The molecule has 0 saturated heterocycles. The average molecular weight is 293 g/mol. The summed E-state index contributed by atoms with van der Waals surface area (Å²) in [5, 5.41) is 12.5. The molecule has 0 aromatic heterocycles. The molecule has 5 heteroatoms. The van der Waals surface area contributed by atoms with Crippen LogP contribution in [-0.2, 0) is 0 Å². The van der Waals surface area contributed by atoms with Crippen LogP contribution >= 0.6 is 0 Å². The zero-order chi connectivity index (χ0) is 15.2. The van der Waals surface area contributed by atoms with Crippen molar-refractivity contribution in [3.63, 3.8) is 0 Å². The van der Waals surface area contributed by atoms with E-state index in [1.807, 2.05) is 0 Å². The molecule has 5 nitrogen and oxygen atoms in total. The standard InChI is InChI=1S/C16H23NO4/c1-20-13-4-3-5-14(21-2)15(13)16(19)17-10-11-6-8-12(18)9-7-11/h3-5,11-12,18H,6-10H2,1-2H3,(H,17,19). The Labute approximate surface area is 125 Å². The molecule has 1 aromatic rings. The molecule has 21 heavy (non-hydrogen) atoms. The summed E-state index contributed by atoms with van der Waals surface area (Å²) < 4.78 is 10.5. The number of hydrogen-bond acceptors (Lipinski definition) is 4. The normalized spacial score (nSPS) is 21.7. The van der Waals surface area contributed by atoms with Crippen LogP contribution in [0.1, 0.15) is 36.0 Å². The van der Waals surface area contributed by atoms with Crippen molar-refractivity contribution < 1.29 is 19.4 Å². The van der Waals surface area contributed by atoms with Crippen molar-refractivity contribution in [1.82, 2.24) is 5.32 Å². The van der Waals surface area contributed by atoms with E-state index in [1.54, 1.807) is 18.2 Å².